The fourth-order valence-electron chi connectivity index (χ4n) is 3.38. The number of morpholine rings is 1. The van der Waals surface area contributed by atoms with Gasteiger partial charge in [-0.05, 0) is 18.9 Å². The number of amides is 2. The lowest BCUT2D eigenvalue weighted by Gasteiger charge is -2.27. The van der Waals surface area contributed by atoms with E-state index < -0.39 is 0 Å². The lowest BCUT2D eigenvalue weighted by atomic mass is 10.2. The number of rotatable bonds is 9. The molecule has 2 aliphatic heterocycles. The molecule has 0 unspecified atom stereocenters. The predicted molar refractivity (Wildman–Crippen MR) is 98.5 cm³/mol. The van der Waals surface area contributed by atoms with E-state index in [2.05, 4.69) is 10.2 Å². The van der Waals surface area contributed by atoms with E-state index in [4.69, 9.17) is 13.9 Å². The van der Waals surface area contributed by atoms with Gasteiger partial charge in [0.25, 0.3) is 5.91 Å². The molecule has 3 heterocycles. The number of hydrogen-bond donors (Lipinski definition) is 1. The molecule has 0 bridgehead atoms. The zero-order valence-electron chi connectivity index (χ0n) is 15.7. The maximum Gasteiger partial charge on any atom is 0.257 e. The molecule has 1 aromatic rings. The van der Waals surface area contributed by atoms with Gasteiger partial charge in [-0.3, -0.25) is 14.5 Å². The number of carbonyl (C=O) groups excluding carboxylic acids is 2. The molecule has 150 valence electrons. The molecule has 2 aliphatic rings. The molecular weight excluding hydrogens is 350 g/mol. The molecule has 0 spiro atoms. The molecule has 0 aromatic carbocycles. The van der Waals surface area contributed by atoms with Crippen molar-refractivity contribution >= 4 is 11.8 Å². The molecule has 3 rings (SSSR count). The van der Waals surface area contributed by atoms with Crippen molar-refractivity contribution in [3.8, 4) is 0 Å². The summed E-state index contributed by atoms with van der Waals surface area (Å²) < 4.78 is 16.0. The first-order valence-corrected chi connectivity index (χ1v) is 9.72. The zero-order valence-corrected chi connectivity index (χ0v) is 15.7. The van der Waals surface area contributed by atoms with E-state index in [9.17, 15) is 9.59 Å². The van der Waals surface area contributed by atoms with Crippen molar-refractivity contribution in [1.82, 2.24) is 15.1 Å². The SMILES string of the molecule is O=C(CCN(C[C@@H]1CCCO1)C(=O)c1ccoc1)NCCN1CCOCC1. The van der Waals surface area contributed by atoms with Crippen molar-refractivity contribution in [2.24, 2.45) is 0 Å². The summed E-state index contributed by atoms with van der Waals surface area (Å²) in [5.41, 5.74) is 0.501. The average Bonchev–Trinajstić information content (AvgIpc) is 3.39. The van der Waals surface area contributed by atoms with Gasteiger partial charge in [-0.1, -0.05) is 0 Å². The third-order valence-corrected chi connectivity index (χ3v) is 4.97. The summed E-state index contributed by atoms with van der Waals surface area (Å²) in [6, 6.07) is 1.65. The molecule has 8 heteroatoms. The van der Waals surface area contributed by atoms with Gasteiger partial charge >= 0.3 is 0 Å². The minimum atomic E-state index is -0.125. The van der Waals surface area contributed by atoms with Crippen LogP contribution < -0.4 is 5.32 Å². The summed E-state index contributed by atoms with van der Waals surface area (Å²) in [6.45, 7) is 6.36. The molecule has 2 saturated heterocycles. The van der Waals surface area contributed by atoms with E-state index in [0.717, 1.165) is 52.3 Å². The number of nitrogens with zero attached hydrogens (tertiary/aromatic N) is 2. The van der Waals surface area contributed by atoms with Crippen molar-refractivity contribution in [2.75, 3.05) is 59.1 Å². The maximum absolute atomic E-state index is 12.7. The molecule has 0 radical (unpaired) electrons. The van der Waals surface area contributed by atoms with Gasteiger partial charge in [-0.25, -0.2) is 0 Å². The first kappa shape index (κ1) is 19.9. The van der Waals surface area contributed by atoms with Gasteiger partial charge in [0.2, 0.25) is 5.91 Å². The van der Waals surface area contributed by atoms with E-state index in [1.165, 1.54) is 12.5 Å². The minimum Gasteiger partial charge on any atom is -0.472 e. The topological polar surface area (TPSA) is 84.2 Å². The Balaban J connectivity index is 1.43. The number of ether oxygens (including phenoxy) is 2. The standard InChI is InChI=1S/C19H29N3O5/c23-18(20-5-7-21-8-12-25-13-9-21)3-6-22(14-17-2-1-10-27-17)19(24)16-4-11-26-15-16/h4,11,15,17H,1-3,5-10,12-14H2,(H,20,23)/t17-/m0/s1. The molecule has 1 aromatic heterocycles. The van der Waals surface area contributed by atoms with Gasteiger partial charge in [0, 0.05) is 52.3 Å². The smallest absolute Gasteiger partial charge is 0.257 e. The van der Waals surface area contributed by atoms with Gasteiger partial charge in [-0.2, -0.15) is 0 Å². The first-order chi connectivity index (χ1) is 13.2. The highest BCUT2D eigenvalue weighted by atomic mass is 16.5. The number of hydrogen-bond acceptors (Lipinski definition) is 6. The summed E-state index contributed by atoms with van der Waals surface area (Å²) in [5, 5.41) is 2.94. The van der Waals surface area contributed by atoms with Crippen LogP contribution in [0.15, 0.2) is 23.0 Å². The minimum absolute atomic E-state index is 0.0411. The average molecular weight is 379 g/mol. The van der Waals surface area contributed by atoms with Crippen LogP contribution in [0, 0.1) is 0 Å². The van der Waals surface area contributed by atoms with Crippen molar-refractivity contribution in [3.63, 3.8) is 0 Å². The Kier molecular flexibility index (Phi) is 7.67. The molecular formula is C19H29N3O5. The fourth-order valence-corrected chi connectivity index (χ4v) is 3.38. The van der Waals surface area contributed by atoms with Gasteiger partial charge in [0.15, 0.2) is 0 Å². The molecule has 0 aliphatic carbocycles. The Morgan fingerprint density at radius 3 is 2.81 bits per heavy atom. The molecule has 0 saturated carbocycles. The van der Waals surface area contributed by atoms with E-state index >= 15 is 0 Å². The monoisotopic (exact) mass is 379 g/mol. The second-order valence-corrected chi connectivity index (χ2v) is 6.95. The van der Waals surface area contributed by atoms with Crippen LogP contribution in [0.5, 0.6) is 0 Å². The van der Waals surface area contributed by atoms with Crippen molar-refractivity contribution in [1.29, 1.82) is 0 Å². The van der Waals surface area contributed by atoms with E-state index in [1.807, 2.05) is 0 Å². The number of furan rings is 1. The normalized spacial score (nSPS) is 20.5. The van der Waals surface area contributed by atoms with Crippen molar-refractivity contribution < 1.29 is 23.5 Å². The second kappa shape index (κ2) is 10.4. The molecule has 2 amide bonds. The Morgan fingerprint density at radius 1 is 1.26 bits per heavy atom. The van der Waals surface area contributed by atoms with Crippen LogP contribution >= 0.6 is 0 Å². The number of carbonyl (C=O) groups is 2. The van der Waals surface area contributed by atoms with Gasteiger partial charge in [0.05, 0.1) is 31.1 Å². The van der Waals surface area contributed by atoms with Gasteiger partial charge in [-0.15, -0.1) is 0 Å². The lowest BCUT2D eigenvalue weighted by Crippen LogP contribution is -2.42. The highest BCUT2D eigenvalue weighted by Gasteiger charge is 2.24. The van der Waals surface area contributed by atoms with Gasteiger partial charge < -0.3 is 24.1 Å². The van der Waals surface area contributed by atoms with Crippen molar-refractivity contribution in [3.05, 3.63) is 24.2 Å². The predicted octanol–water partition coefficient (Wildman–Crippen LogP) is 0.739. The van der Waals surface area contributed by atoms with Crippen LogP contribution in [0.2, 0.25) is 0 Å². The summed E-state index contributed by atoms with van der Waals surface area (Å²) in [5.74, 6) is -0.166. The van der Waals surface area contributed by atoms with E-state index in [1.54, 1.807) is 11.0 Å². The summed E-state index contributed by atoms with van der Waals surface area (Å²) in [4.78, 5) is 28.9. The Hall–Kier alpha value is -1.90. The zero-order chi connectivity index (χ0) is 18.9. The molecule has 8 nitrogen and oxygen atoms in total. The second-order valence-electron chi connectivity index (χ2n) is 6.95. The molecule has 2 fully saturated rings. The van der Waals surface area contributed by atoms with Crippen LogP contribution in [0.25, 0.3) is 0 Å². The van der Waals surface area contributed by atoms with Gasteiger partial charge in [0.1, 0.15) is 6.26 Å². The maximum atomic E-state index is 12.7. The summed E-state index contributed by atoms with van der Waals surface area (Å²) in [7, 11) is 0. The van der Waals surface area contributed by atoms with Crippen LogP contribution in [0.1, 0.15) is 29.6 Å². The molecule has 27 heavy (non-hydrogen) atoms. The summed E-state index contributed by atoms with van der Waals surface area (Å²) in [6.07, 6.45) is 5.20. The Morgan fingerprint density at radius 2 is 2.11 bits per heavy atom. The quantitative estimate of drug-likeness (QED) is 0.681. The fraction of sp³-hybridized carbons (Fsp3) is 0.684. The molecule has 1 N–H and O–H groups in total. The van der Waals surface area contributed by atoms with E-state index in [0.29, 0.717) is 25.2 Å². The van der Waals surface area contributed by atoms with Crippen LogP contribution in [-0.2, 0) is 14.3 Å². The van der Waals surface area contributed by atoms with Crippen LogP contribution in [0.4, 0.5) is 0 Å². The highest BCUT2D eigenvalue weighted by Crippen LogP contribution is 2.15. The summed E-state index contributed by atoms with van der Waals surface area (Å²) >= 11 is 0. The lowest BCUT2D eigenvalue weighted by molar-refractivity contribution is -0.121. The van der Waals surface area contributed by atoms with Crippen LogP contribution in [-0.4, -0.2) is 86.8 Å². The largest absolute Gasteiger partial charge is 0.472 e. The number of nitrogens with one attached hydrogen (secondary N) is 1. The van der Waals surface area contributed by atoms with Crippen LogP contribution in [0.3, 0.4) is 0 Å². The van der Waals surface area contributed by atoms with Crippen molar-refractivity contribution in [2.45, 2.75) is 25.4 Å². The Bertz CT molecular complexity index is 580. The first-order valence-electron chi connectivity index (χ1n) is 9.72. The Labute approximate surface area is 159 Å². The third-order valence-electron chi connectivity index (χ3n) is 4.97. The van der Waals surface area contributed by atoms with E-state index in [-0.39, 0.29) is 24.3 Å². The molecule has 1 atom stereocenters. The highest BCUT2D eigenvalue weighted by molar-refractivity contribution is 5.94. The third kappa shape index (κ3) is 6.34.